The fourth-order valence-electron chi connectivity index (χ4n) is 3.80. The van der Waals surface area contributed by atoms with Gasteiger partial charge in [0.1, 0.15) is 0 Å². The van der Waals surface area contributed by atoms with Gasteiger partial charge in [0.25, 0.3) is 0 Å². The zero-order valence-electron chi connectivity index (χ0n) is 21.8. The number of benzene rings is 2. The Hall–Kier alpha value is -0.790. The number of allylic oxidation sites excluding steroid dienone is 4. The third-order valence-corrected chi connectivity index (χ3v) is 6.00. The second-order valence-corrected chi connectivity index (χ2v) is 7.93. The Balaban J connectivity index is -0.000000555. The molecule has 0 amide bonds. The van der Waals surface area contributed by atoms with Crippen LogP contribution in [-0.2, 0) is 29.8 Å². The molecule has 4 rings (SSSR count). The van der Waals surface area contributed by atoms with Crippen molar-refractivity contribution in [2.24, 2.45) is 5.92 Å². The molecule has 34 heavy (non-hydrogen) atoms. The van der Waals surface area contributed by atoms with Gasteiger partial charge in [-0.1, -0.05) is 75.9 Å². The minimum absolute atomic E-state index is 0. The Morgan fingerprint density at radius 1 is 0.941 bits per heavy atom. The molecule has 0 aromatic heterocycles. The second-order valence-electron chi connectivity index (χ2n) is 7.93. The molecule has 1 atom stereocenters. The van der Waals surface area contributed by atoms with Crippen LogP contribution in [0.3, 0.4) is 0 Å². The molecule has 0 aliphatic heterocycles. The van der Waals surface area contributed by atoms with E-state index in [1.165, 1.54) is 86.8 Å². The first-order valence-electron chi connectivity index (χ1n) is 10.8. The number of hydrogen-bond acceptors (Lipinski definition) is 0. The Morgan fingerprint density at radius 2 is 1.53 bits per heavy atom. The van der Waals surface area contributed by atoms with Crippen molar-refractivity contribution in [1.29, 1.82) is 0 Å². The van der Waals surface area contributed by atoms with Crippen LogP contribution in [0.4, 0.5) is 0 Å². The Bertz CT molecular complexity index is 1020. The van der Waals surface area contributed by atoms with Crippen LogP contribution in [0.5, 0.6) is 0 Å². The number of halogens is 2. The van der Waals surface area contributed by atoms with Gasteiger partial charge < -0.3 is 14.9 Å². The van der Waals surface area contributed by atoms with E-state index < -0.39 is 0 Å². The molecule has 1 unspecified atom stereocenters. The van der Waals surface area contributed by atoms with E-state index in [9.17, 15) is 0 Å². The van der Waals surface area contributed by atoms with Crippen LogP contribution in [-0.4, -0.2) is 6.88 Å². The summed E-state index contributed by atoms with van der Waals surface area (Å²) in [5.41, 5.74) is 8.36. The van der Waals surface area contributed by atoms with Crippen LogP contribution in [0, 0.1) is 26.8 Å². The van der Waals surface area contributed by atoms with Gasteiger partial charge in [0.2, 0.25) is 0 Å². The maximum absolute atomic E-state index is 3.36. The van der Waals surface area contributed by atoms with Gasteiger partial charge in [-0.05, 0) is 18.4 Å². The molecular weight excluding hydrogens is 551 g/mol. The van der Waals surface area contributed by atoms with Crippen molar-refractivity contribution >= 4 is 42.5 Å². The van der Waals surface area contributed by atoms with Crippen LogP contribution < -0.4 is 0 Å². The van der Waals surface area contributed by atoms with Gasteiger partial charge in [-0.25, -0.2) is 5.57 Å². The molecule has 0 saturated heterocycles. The summed E-state index contributed by atoms with van der Waals surface area (Å²) in [5, 5.41) is 2.68. The van der Waals surface area contributed by atoms with Crippen molar-refractivity contribution < 1.29 is 23.3 Å². The van der Waals surface area contributed by atoms with Crippen LogP contribution in [0.25, 0.3) is 21.9 Å². The molecule has 0 saturated carbocycles. The van der Waals surface area contributed by atoms with Crippen molar-refractivity contribution in [3.63, 3.8) is 0 Å². The average molecular weight is 591 g/mol. The number of rotatable bonds is 4. The van der Waals surface area contributed by atoms with Gasteiger partial charge in [0, 0.05) is 0 Å². The predicted octanol–water partition coefficient (Wildman–Crippen LogP) is 9.65. The molecule has 4 heteroatoms. The van der Waals surface area contributed by atoms with Crippen molar-refractivity contribution in [3.8, 4) is 11.1 Å². The van der Waals surface area contributed by atoms with Crippen molar-refractivity contribution in [2.75, 3.05) is 0 Å². The van der Waals surface area contributed by atoms with Crippen LogP contribution in [0.1, 0.15) is 53.0 Å². The summed E-state index contributed by atoms with van der Waals surface area (Å²) in [5.74, 6) is 0.560. The summed E-state index contributed by atoms with van der Waals surface area (Å²) in [6.07, 6.45) is 7.09. The van der Waals surface area contributed by atoms with Gasteiger partial charge in [-0.3, -0.25) is 6.08 Å². The van der Waals surface area contributed by atoms with Crippen molar-refractivity contribution in [3.05, 3.63) is 104 Å². The second kappa shape index (κ2) is 19.4. The maximum atomic E-state index is 3.36. The van der Waals surface area contributed by atoms with Gasteiger partial charge in [-0.2, -0.15) is 11.1 Å². The fourth-order valence-corrected chi connectivity index (χ4v) is 3.80. The molecule has 1 aliphatic rings. The molecule has 3 aromatic rings. The van der Waals surface area contributed by atoms with E-state index in [1.54, 1.807) is 0 Å². The molecule has 0 heterocycles. The van der Waals surface area contributed by atoms with Crippen LogP contribution in [0.2, 0.25) is 0 Å². The zero-order chi connectivity index (χ0) is 22.1. The molecule has 1 aliphatic carbocycles. The summed E-state index contributed by atoms with van der Waals surface area (Å²) in [4.78, 5) is 0. The molecule has 186 valence electrons. The van der Waals surface area contributed by atoms with Gasteiger partial charge in [0.05, 0.1) is 0 Å². The van der Waals surface area contributed by atoms with Crippen LogP contribution >= 0.6 is 24.8 Å². The molecular formula is C30H40Cl2SiZr-4. The third kappa shape index (κ3) is 10.1. The molecule has 0 bridgehead atoms. The molecule has 0 nitrogen and oxygen atoms in total. The molecule has 0 spiro atoms. The monoisotopic (exact) mass is 588 g/mol. The van der Waals surface area contributed by atoms with E-state index in [0.29, 0.717) is 5.92 Å². The molecule has 0 fully saturated rings. The van der Waals surface area contributed by atoms with Crippen molar-refractivity contribution in [1.82, 2.24) is 0 Å². The SMILES string of the molecule is CC1=[C-]C(C)C(C)=C1C.CCCCc1ccc(-c2c[cH-]c3ccccc23)cc1.Cl.Cl.[CH3-].[CH3-].[Si]=[Zr]. The Kier molecular flexibility index (Phi) is 21.5. The van der Waals surface area contributed by atoms with E-state index in [2.05, 4.69) is 108 Å². The first-order valence-corrected chi connectivity index (χ1v) is 15.0. The predicted molar refractivity (Wildman–Crippen MR) is 157 cm³/mol. The zero-order valence-corrected chi connectivity index (χ0v) is 26.9. The fraction of sp³-hybridized carbons (Fsp3) is 0.300. The minimum atomic E-state index is 0. The van der Waals surface area contributed by atoms with E-state index in [0.717, 1.165) is 0 Å². The van der Waals surface area contributed by atoms with Crippen molar-refractivity contribution in [2.45, 2.75) is 53.9 Å². The summed E-state index contributed by atoms with van der Waals surface area (Å²) in [6, 6.07) is 22.1. The average Bonchev–Trinajstić information content (AvgIpc) is 3.31. The summed E-state index contributed by atoms with van der Waals surface area (Å²) >= 11 is 1.36. The van der Waals surface area contributed by atoms with Crippen LogP contribution in [0.15, 0.2) is 77.4 Å². The first kappa shape index (κ1) is 37.8. The normalized spacial score (nSPS) is 13.4. The first-order chi connectivity index (χ1) is 14.5. The molecule has 0 N–H and O–H groups in total. The van der Waals surface area contributed by atoms with Gasteiger partial charge in [0.15, 0.2) is 0 Å². The van der Waals surface area contributed by atoms with Gasteiger partial charge >= 0.3 is 30.2 Å². The summed E-state index contributed by atoms with van der Waals surface area (Å²) in [6.45, 7) is 14.0. The Morgan fingerprint density at radius 3 is 2.00 bits per heavy atom. The van der Waals surface area contributed by atoms with E-state index in [4.69, 9.17) is 0 Å². The quantitative estimate of drug-likeness (QED) is 0.210. The molecule has 3 aromatic carbocycles. The standard InChI is InChI=1S/C19H19.C9H13.2CH3.2ClH.Si.Zr/c1-2-3-6-15-9-11-17(12-10-15)19-14-13-16-7-4-5-8-18(16)19;1-6-5-7(2)9(4)8(6)3;;;;;;/h4-5,7-14H,2-3,6H2,1H3;6H,1-4H3;2*1H3;2*1H;;/q4*-1;;;;. The third-order valence-electron chi connectivity index (χ3n) is 6.00. The number of hydrogen-bond donors (Lipinski definition) is 0. The Labute approximate surface area is 239 Å². The molecule has 2 radical (unpaired) electrons. The van der Waals surface area contributed by atoms with E-state index in [1.807, 2.05) is 0 Å². The number of aryl methyl sites for hydroxylation is 1. The van der Waals surface area contributed by atoms with E-state index in [-0.39, 0.29) is 39.7 Å². The van der Waals surface area contributed by atoms with Gasteiger partial charge in [-0.15, -0.1) is 78.4 Å². The number of unbranched alkanes of at least 4 members (excludes halogenated alkanes) is 1. The van der Waals surface area contributed by atoms with E-state index >= 15 is 0 Å². The summed E-state index contributed by atoms with van der Waals surface area (Å²) < 4.78 is 0. The number of fused-ring (bicyclic) bond motifs is 1. The topological polar surface area (TPSA) is 0 Å². The summed E-state index contributed by atoms with van der Waals surface area (Å²) in [7, 11) is 0.